The molecule has 2 heterocycles. The summed E-state index contributed by atoms with van der Waals surface area (Å²) in [7, 11) is 0. The number of amidine groups is 1. The van der Waals surface area contributed by atoms with Gasteiger partial charge in [0.2, 0.25) is 0 Å². The first-order valence-electron chi connectivity index (χ1n) is 9.85. The number of benzene rings is 3. The minimum absolute atomic E-state index is 0.0338. The van der Waals surface area contributed by atoms with Gasteiger partial charge in [-0.2, -0.15) is 0 Å². The van der Waals surface area contributed by atoms with Crippen LogP contribution in [-0.4, -0.2) is 21.7 Å². The summed E-state index contributed by atoms with van der Waals surface area (Å²) >= 11 is 1.28. The number of nitro benzene ring substituents is 1. The van der Waals surface area contributed by atoms with Gasteiger partial charge in [-0.1, -0.05) is 78.5 Å². The van der Waals surface area contributed by atoms with E-state index in [2.05, 4.69) is 15.3 Å². The largest absolute Gasteiger partial charge is 0.320 e. The van der Waals surface area contributed by atoms with Gasteiger partial charge in [-0.25, -0.2) is 9.98 Å². The van der Waals surface area contributed by atoms with E-state index in [4.69, 9.17) is 0 Å². The summed E-state index contributed by atoms with van der Waals surface area (Å²) in [5.74, 6) is -0.299. The minimum Gasteiger partial charge on any atom is -0.320 e. The van der Waals surface area contributed by atoms with E-state index >= 15 is 0 Å². The molecule has 0 aliphatic carbocycles. The Morgan fingerprint density at radius 2 is 1.69 bits per heavy atom. The molecule has 0 bridgehead atoms. The second kappa shape index (κ2) is 8.24. The highest BCUT2D eigenvalue weighted by Gasteiger charge is 2.29. The fourth-order valence-corrected chi connectivity index (χ4v) is 4.68. The Kier molecular flexibility index (Phi) is 5.12. The Morgan fingerprint density at radius 3 is 2.50 bits per heavy atom. The molecular formula is C24H16N4O3S. The number of para-hydroxylation sites is 2. The molecule has 0 spiro atoms. The third-order valence-corrected chi connectivity index (χ3v) is 6.16. The number of aliphatic imine (C=N–C) groups is 2. The highest BCUT2D eigenvalue weighted by Crippen LogP contribution is 2.42. The number of hydrogen-bond donors (Lipinski definition) is 1. The number of thioether (sulfide) groups is 1. The molecule has 1 unspecified atom stereocenters. The van der Waals surface area contributed by atoms with Crippen molar-refractivity contribution in [3.05, 3.63) is 112 Å². The summed E-state index contributed by atoms with van der Waals surface area (Å²) < 4.78 is 0. The van der Waals surface area contributed by atoms with Crippen LogP contribution in [0.15, 0.2) is 94.9 Å². The number of anilines is 1. The van der Waals surface area contributed by atoms with Crippen molar-refractivity contribution in [2.75, 3.05) is 5.32 Å². The standard InChI is InChI=1S/C24H16N4O3S/c29-23-22(16-10-4-6-12-18(16)25-23)27-24-26-19(15-8-2-1-3-9-15)14-21(32-24)17-11-5-7-13-20(17)28(30)31/h1-14,21H,(H,25,26,27,29). The van der Waals surface area contributed by atoms with Crippen molar-refractivity contribution in [2.24, 2.45) is 9.98 Å². The normalized spacial score (nSPS) is 18.6. The second-order valence-electron chi connectivity index (χ2n) is 7.13. The van der Waals surface area contributed by atoms with Crippen LogP contribution in [0.2, 0.25) is 0 Å². The SMILES string of the molecule is O=C1Nc2ccccc2C1=NC1=NC(c2ccccc2)=CC(c2ccccc2[N+](=O)[O-])S1. The van der Waals surface area contributed by atoms with Gasteiger partial charge in [0.15, 0.2) is 5.17 Å². The maximum atomic E-state index is 12.5. The molecule has 32 heavy (non-hydrogen) atoms. The lowest BCUT2D eigenvalue weighted by Crippen LogP contribution is -2.16. The number of nitrogens with zero attached hydrogens (tertiary/aromatic N) is 3. The molecule has 3 aromatic rings. The fraction of sp³-hybridized carbons (Fsp3) is 0.0417. The van der Waals surface area contributed by atoms with Crippen LogP contribution in [-0.2, 0) is 4.79 Å². The second-order valence-corrected chi connectivity index (χ2v) is 8.24. The Hall–Kier alpha value is -4.04. The average molecular weight is 440 g/mol. The quantitative estimate of drug-likeness (QED) is 0.446. The Labute approximate surface area is 187 Å². The predicted molar refractivity (Wildman–Crippen MR) is 127 cm³/mol. The molecule has 0 saturated heterocycles. The van der Waals surface area contributed by atoms with Crippen molar-refractivity contribution in [3.63, 3.8) is 0 Å². The van der Waals surface area contributed by atoms with Gasteiger partial charge in [-0.05, 0) is 17.7 Å². The van der Waals surface area contributed by atoms with Gasteiger partial charge in [0, 0.05) is 17.2 Å². The van der Waals surface area contributed by atoms with E-state index in [1.165, 1.54) is 17.8 Å². The zero-order valence-electron chi connectivity index (χ0n) is 16.6. The summed E-state index contributed by atoms with van der Waals surface area (Å²) in [6.45, 7) is 0. The van der Waals surface area contributed by atoms with Gasteiger partial charge < -0.3 is 5.32 Å². The number of nitro groups is 1. The third-order valence-electron chi connectivity index (χ3n) is 5.12. The Morgan fingerprint density at radius 1 is 0.969 bits per heavy atom. The first kappa shape index (κ1) is 19.9. The molecule has 2 aliphatic heterocycles. The number of nitrogens with one attached hydrogen (secondary N) is 1. The number of amides is 1. The van der Waals surface area contributed by atoms with Crippen molar-refractivity contribution in [2.45, 2.75) is 5.25 Å². The van der Waals surface area contributed by atoms with E-state index in [0.717, 1.165) is 5.56 Å². The molecule has 3 aromatic carbocycles. The Balaban J connectivity index is 1.61. The van der Waals surface area contributed by atoms with E-state index < -0.39 is 0 Å². The van der Waals surface area contributed by atoms with Crippen molar-refractivity contribution in [3.8, 4) is 0 Å². The lowest BCUT2D eigenvalue weighted by atomic mass is 10.1. The van der Waals surface area contributed by atoms with Gasteiger partial charge in [-0.3, -0.25) is 14.9 Å². The van der Waals surface area contributed by atoms with Crippen LogP contribution in [0.5, 0.6) is 0 Å². The summed E-state index contributed by atoms with van der Waals surface area (Å²) in [6, 6.07) is 23.5. The molecule has 0 saturated carbocycles. The predicted octanol–water partition coefficient (Wildman–Crippen LogP) is 5.22. The van der Waals surface area contributed by atoms with Gasteiger partial charge in [-0.15, -0.1) is 0 Å². The zero-order chi connectivity index (χ0) is 22.1. The highest BCUT2D eigenvalue weighted by molar-refractivity contribution is 8.14. The fourth-order valence-electron chi connectivity index (χ4n) is 3.64. The van der Waals surface area contributed by atoms with Crippen molar-refractivity contribution >= 4 is 45.6 Å². The molecule has 1 N–H and O–H groups in total. The van der Waals surface area contributed by atoms with Crippen LogP contribution >= 0.6 is 11.8 Å². The van der Waals surface area contributed by atoms with E-state index in [9.17, 15) is 14.9 Å². The van der Waals surface area contributed by atoms with Crippen LogP contribution in [0.25, 0.3) is 5.70 Å². The molecule has 0 aromatic heterocycles. The van der Waals surface area contributed by atoms with Crippen LogP contribution < -0.4 is 5.32 Å². The van der Waals surface area contributed by atoms with Gasteiger partial charge in [0.1, 0.15) is 5.71 Å². The molecule has 0 fully saturated rings. The monoisotopic (exact) mass is 440 g/mol. The molecule has 0 radical (unpaired) electrons. The van der Waals surface area contributed by atoms with Crippen molar-refractivity contribution in [1.29, 1.82) is 0 Å². The number of hydrogen-bond acceptors (Lipinski definition) is 6. The molecule has 1 atom stereocenters. The number of fused-ring (bicyclic) bond motifs is 1. The van der Waals surface area contributed by atoms with E-state index in [0.29, 0.717) is 27.7 Å². The molecule has 1 amide bonds. The summed E-state index contributed by atoms with van der Waals surface area (Å²) in [4.78, 5) is 33.0. The molecular weight excluding hydrogens is 424 g/mol. The van der Waals surface area contributed by atoms with Crippen LogP contribution in [0.4, 0.5) is 11.4 Å². The lowest BCUT2D eigenvalue weighted by Gasteiger charge is -2.19. The molecule has 156 valence electrons. The smallest absolute Gasteiger partial charge is 0.275 e. The highest BCUT2D eigenvalue weighted by atomic mass is 32.2. The minimum atomic E-state index is -0.386. The number of carbonyl (C=O) groups excluding carboxylic acids is 1. The van der Waals surface area contributed by atoms with Gasteiger partial charge in [0.25, 0.3) is 11.6 Å². The van der Waals surface area contributed by atoms with Crippen LogP contribution in [0.3, 0.4) is 0 Å². The average Bonchev–Trinajstić information content (AvgIpc) is 3.14. The van der Waals surface area contributed by atoms with E-state index in [1.807, 2.05) is 60.7 Å². The summed E-state index contributed by atoms with van der Waals surface area (Å²) in [5.41, 5.74) is 3.79. The topological polar surface area (TPSA) is 97.0 Å². The van der Waals surface area contributed by atoms with Gasteiger partial charge >= 0.3 is 0 Å². The number of rotatable bonds is 3. The first-order chi connectivity index (χ1) is 15.6. The van der Waals surface area contributed by atoms with E-state index in [-0.39, 0.29) is 27.5 Å². The summed E-state index contributed by atoms with van der Waals surface area (Å²) in [5, 5.41) is 14.4. The summed E-state index contributed by atoms with van der Waals surface area (Å²) in [6.07, 6.45) is 1.90. The van der Waals surface area contributed by atoms with Crippen LogP contribution in [0.1, 0.15) is 21.9 Å². The molecule has 8 heteroatoms. The van der Waals surface area contributed by atoms with E-state index in [1.54, 1.807) is 18.2 Å². The molecule has 7 nitrogen and oxygen atoms in total. The first-order valence-corrected chi connectivity index (χ1v) is 10.7. The third kappa shape index (κ3) is 3.72. The molecule has 2 aliphatic rings. The maximum Gasteiger partial charge on any atom is 0.275 e. The lowest BCUT2D eigenvalue weighted by molar-refractivity contribution is -0.385. The maximum absolute atomic E-state index is 12.5. The molecule has 5 rings (SSSR count). The van der Waals surface area contributed by atoms with Crippen molar-refractivity contribution < 1.29 is 9.72 Å². The zero-order valence-corrected chi connectivity index (χ0v) is 17.5. The Bertz CT molecular complexity index is 1330. The van der Waals surface area contributed by atoms with Gasteiger partial charge in [0.05, 0.1) is 21.6 Å². The number of carbonyl (C=O) groups is 1. The van der Waals surface area contributed by atoms with Crippen LogP contribution in [0, 0.1) is 10.1 Å². The van der Waals surface area contributed by atoms with Crippen molar-refractivity contribution in [1.82, 2.24) is 0 Å².